The van der Waals surface area contributed by atoms with Crippen molar-refractivity contribution in [2.45, 2.75) is 61.3 Å². The molecule has 0 unspecified atom stereocenters. The normalized spacial score (nSPS) is 17.8. The van der Waals surface area contributed by atoms with Gasteiger partial charge in [0.05, 0.1) is 5.57 Å². The van der Waals surface area contributed by atoms with Crippen molar-refractivity contribution in [3.63, 3.8) is 0 Å². The Kier molecular flexibility index (Phi) is 5.00. The van der Waals surface area contributed by atoms with Crippen molar-refractivity contribution in [3.05, 3.63) is 73.2 Å². The molecule has 0 fully saturated rings. The van der Waals surface area contributed by atoms with Crippen LogP contribution in [0.5, 0.6) is 0 Å². The van der Waals surface area contributed by atoms with E-state index in [1.807, 2.05) is 47.6 Å². The van der Waals surface area contributed by atoms with Gasteiger partial charge < -0.3 is 17.6 Å². The van der Waals surface area contributed by atoms with Gasteiger partial charge >= 0.3 is 6.97 Å². The van der Waals surface area contributed by atoms with E-state index in [1.165, 1.54) is 8.96 Å². The third-order valence-corrected chi connectivity index (χ3v) is 7.45. The van der Waals surface area contributed by atoms with E-state index in [1.54, 1.807) is 0 Å². The molecule has 2 aromatic rings. The Hall–Kier alpha value is -1.95. The second kappa shape index (κ2) is 7.05. The molecule has 0 aliphatic carbocycles. The average molecular weight is 473 g/mol. The van der Waals surface area contributed by atoms with Gasteiger partial charge in [-0.3, -0.25) is 0 Å². The topological polar surface area (TPSA) is 7.94 Å². The predicted octanol–water partition coefficient (Wildman–Crippen LogP) is 6.95. The molecule has 2 aliphatic rings. The Balaban J connectivity index is 2.25. The molecular weight excluding hydrogens is 445 g/mol. The minimum Gasteiger partial charge on any atom is -0.393 e. The van der Waals surface area contributed by atoms with Crippen molar-refractivity contribution in [1.29, 1.82) is 0 Å². The van der Waals surface area contributed by atoms with E-state index in [0.29, 0.717) is 22.8 Å². The summed E-state index contributed by atoms with van der Waals surface area (Å²) in [5.74, 6) is 0. The molecule has 0 N–H and O–H groups in total. The Morgan fingerprint density at radius 2 is 1.70 bits per heavy atom. The second-order valence-electron chi connectivity index (χ2n) is 8.44. The Morgan fingerprint density at radius 1 is 1.03 bits per heavy atom. The molecule has 0 saturated carbocycles. The van der Waals surface area contributed by atoms with Crippen LogP contribution in [0.2, 0.25) is 0 Å². The van der Waals surface area contributed by atoms with Crippen LogP contribution in [0.25, 0.3) is 5.57 Å². The van der Waals surface area contributed by atoms with E-state index in [2.05, 4.69) is 35.0 Å². The predicted molar refractivity (Wildman–Crippen MR) is 125 cm³/mol. The van der Waals surface area contributed by atoms with Crippen LogP contribution in [0.4, 0.5) is 8.63 Å². The fourth-order valence-electron chi connectivity index (χ4n) is 5.64. The SMILES string of the molecule is CCC1=C(C)C2=C(c3ccc(Br)cc3C)c3c(C)c(CC)c(C)n3[B-](F)(F)[N+]2=C1C. The Labute approximate surface area is 186 Å². The Morgan fingerprint density at radius 3 is 2.27 bits per heavy atom. The lowest BCUT2D eigenvalue weighted by Crippen LogP contribution is -2.51. The fourth-order valence-corrected chi connectivity index (χ4v) is 6.12. The summed E-state index contributed by atoms with van der Waals surface area (Å²) in [6.45, 7) is 9.85. The van der Waals surface area contributed by atoms with Crippen LogP contribution in [-0.4, -0.2) is 21.6 Å². The van der Waals surface area contributed by atoms with Gasteiger partial charge in [0.2, 0.25) is 0 Å². The molecule has 0 radical (unpaired) electrons. The number of fused-ring (bicyclic) bond motifs is 2. The highest BCUT2D eigenvalue weighted by Crippen LogP contribution is 2.47. The molecule has 0 amide bonds. The highest BCUT2D eigenvalue weighted by molar-refractivity contribution is 9.10. The van der Waals surface area contributed by atoms with E-state index in [4.69, 9.17) is 0 Å². The number of hydrogen-bond acceptors (Lipinski definition) is 0. The number of allylic oxidation sites excluding steroid dienone is 2. The molecule has 0 saturated heterocycles. The zero-order valence-corrected chi connectivity index (χ0v) is 20.3. The standard InChI is InChI=1S/C24H28BBrF2N2/c1-8-19-14(4)23-22(21-11-10-18(26)12-13(21)3)24-15(5)20(9-2)17(7)30(24)25(27,28)29(23)16(19)6/h10-12H,8-9H2,1-7H3. The van der Waals surface area contributed by atoms with Gasteiger partial charge in [-0.1, -0.05) is 35.8 Å². The van der Waals surface area contributed by atoms with E-state index in [9.17, 15) is 0 Å². The first-order valence-corrected chi connectivity index (χ1v) is 11.4. The zero-order chi connectivity index (χ0) is 22.1. The van der Waals surface area contributed by atoms with E-state index in [-0.39, 0.29) is 0 Å². The summed E-state index contributed by atoms with van der Waals surface area (Å²) in [6.07, 6.45) is 1.48. The third kappa shape index (κ3) is 2.62. The highest BCUT2D eigenvalue weighted by atomic mass is 79.9. The molecular formula is C24H28BBrF2N2. The fraction of sp³-hybridized carbons (Fsp3) is 0.375. The maximum atomic E-state index is 16.2. The van der Waals surface area contributed by atoms with Crippen LogP contribution >= 0.6 is 15.9 Å². The Bertz CT molecular complexity index is 1200. The summed E-state index contributed by atoms with van der Waals surface area (Å²) in [6, 6.07) is 6.12. The van der Waals surface area contributed by atoms with Crippen LogP contribution in [0.3, 0.4) is 0 Å². The number of aryl methyl sites for hydroxylation is 1. The minimum atomic E-state index is -3.97. The van der Waals surface area contributed by atoms with E-state index >= 15 is 8.63 Å². The van der Waals surface area contributed by atoms with Gasteiger partial charge in [0.25, 0.3) is 0 Å². The third-order valence-electron chi connectivity index (χ3n) is 6.95. The van der Waals surface area contributed by atoms with Crippen molar-refractivity contribution in [3.8, 4) is 0 Å². The quantitative estimate of drug-likeness (QED) is 0.427. The zero-order valence-electron chi connectivity index (χ0n) is 18.8. The van der Waals surface area contributed by atoms with Gasteiger partial charge in [0, 0.05) is 28.2 Å². The number of nitrogens with zero attached hydrogens (tertiary/aromatic N) is 2. The molecule has 0 atom stereocenters. The maximum Gasteiger partial charge on any atom is 0.737 e. The number of hydrogen-bond donors (Lipinski definition) is 0. The number of halogens is 3. The van der Waals surface area contributed by atoms with Gasteiger partial charge in [0.15, 0.2) is 5.70 Å². The molecule has 1 aromatic carbocycles. The smallest absolute Gasteiger partial charge is 0.393 e. The largest absolute Gasteiger partial charge is 0.737 e. The lowest BCUT2D eigenvalue weighted by molar-refractivity contribution is -0.363. The van der Waals surface area contributed by atoms with Crippen LogP contribution in [0.15, 0.2) is 39.5 Å². The van der Waals surface area contributed by atoms with Crippen molar-refractivity contribution >= 4 is 34.2 Å². The molecule has 3 heterocycles. The van der Waals surface area contributed by atoms with Crippen molar-refractivity contribution in [2.24, 2.45) is 0 Å². The average Bonchev–Trinajstić information content (AvgIpc) is 3.08. The summed E-state index contributed by atoms with van der Waals surface area (Å²) < 4.78 is 36.0. The van der Waals surface area contributed by atoms with Crippen LogP contribution < -0.4 is 0 Å². The van der Waals surface area contributed by atoms with Crippen molar-refractivity contribution in [1.82, 2.24) is 4.48 Å². The molecule has 2 aliphatic heterocycles. The summed E-state index contributed by atoms with van der Waals surface area (Å²) >= 11 is 3.55. The van der Waals surface area contributed by atoms with Crippen molar-refractivity contribution in [2.75, 3.05) is 0 Å². The summed E-state index contributed by atoms with van der Waals surface area (Å²) in [5.41, 5.74) is 9.70. The number of rotatable bonds is 3. The van der Waals surface area contributed by atoms with Crippen LogP contribution in [0, 0.1) is 20.8 Å². The van der Waals surface area contributed by atoms with Gasteiger partial charge in [-0.2, -0.15) is 0 Å². The second-order valence-corrected chi connectivity index (χ2v) is 9.36. The first-order chi connectivity index (χ1) is 14.1. The molecule has 1 aromatic heterocycles. The molecule has 158 valence electrons. The van der Waals surface area contributed by atoms with E-state index < -0.39 is 6.97 Å². The maximum absolute atomic E-state index is 16.2. The van der Waals surface area contributed by atoms with Gasteiger partial charge in [-0.15, -0.1) is 0 Å². The summed E-state index contributed by atoms with van der Waals surface area (Å²) in [5, 5.41) is 0. The van der Waals surface area contributed by atoms with Gasteiger partial charge in [-0.05, 0) is 80.6 Å². The van der Waals surface area contributed by atoms with Crippen LogP contribution in [0.1, 0.15) is 67.8 Å². The monoisotopic (exact) mass is 472 g/mol. The van der Waals surface area contributed by atoms with E-state index in [0.717, 1.165) is 56.3 Å². The van der Waals surface area contributed by atoms with Crippen LogP contribution in [-0.2, 0) is 6.42 Å². The number of aromatic nitrogens is 1. The molecule has 4 rings (SSSR count). The summed E-state index contributed by atoms with van der Waals surface area (Å²) in [7, 11) is 0. The van der Waals surface area contributed by atoms with Crippen molar-refractivity contribution < 1.29 is 13.1 Å². The minimum absolute atomic E-state index is 0.676. The molecule has 0 bridgehead atoms. The van der Waals surface area contributed by atoms with Gasteiger partial charge in [-0.25, -0.2) is 0 Å². The lowest BCUT2D eigenvalue weighted by atomic mass is 9.82. The first-order valence-electron chi connectivity index (χ1n) is 10.6. The summed E-state index contributed by atoms with van der Waals surface area (Å²) in [4.78, 5) is 0. The molecule has 30 heavy (non-hydrogen) atoms. The first kappa shape index (κ1) is 21.3. The molecule has 0 spiro atoms. The highest BCUT2D eigenvalue weighted by Gasteiger charge is 2.56. The lowest BCUT2D eigenvalue weighted by Gasteiger charge is -2.34. The molecule has 2 nitrogen and oxygen atoms in total. The van der Waals surface area contributed by atoms with Gasteiger partial charge in [0.1, 0.15) is 5.71 Å². The number of benzene rings is 1. The molecule has 6 heteroatoms.